The summed E-state index contributed by atoms with van der Waals surface area (Å²) < 4.78 is 0. The van der Waals surface area contributed by atoms with Crippen LogP contribution in [0.1, 0.15) is 30.7 Å². The van der Waals surface area contributed by atoms with Gasteiger partial charge in [0.2, 0.25) is 17.7 Å². The van der Waals surface area contributed by atoms with Crippen molar-refractivity contribution in [2.75, 3.05) is 24.5 Å². The van der Waals surface area contributed by atoms with Crippen LogP contribution in [0.25, 0.3) is 0 Å². The van der Waals surface area contributed by atoms with Gasteiger partial charge in [0.1, 0.15) is 0 Å². The number of nitrogens with zero attached hydrogens (tertiary/aromatic N) is 3. The molecule has 0 atom stereocenters. The number of piperazine rings is 1. The monoisotopic (exact) mass is 484 g/mol. The van der Waals surface area contributed by atoms with Crippen molar-refractivity contribution in [3.8, 4) is 0 Å². The summed E-state index contributed by atoms with van der Waals surface area (Å²) in [6.45, 7) is 0.620. The summed E-state index contributed by atoms with van der Waals surface area (Å²) in [4.78, 5) is 65.0. The number of hydrogen-bond acceptors (Lipinski definition) is 5. The number of anilines is 1. The summed E-state index contributed by atoms with van der Waals surface area (Å²) in [6, 6.07) is 18.2. The molecule has 34 heavy (non-hydrogen) atoms. The molecule has 2 saturated heterocycles. The summed E-state index contributed by atoms with van der Waals surface area (Å²) in [6.07, 6.45) is 0.0957. The molecule has 9 nitrogen and oxygen atoms in total. The molecule has 4 rings (SSSR count). The van der Waals surface area contributed by atoms with Gasteiger partial charge in [0, 0.05) is 50.5 Å². The molecule has 0 bridgehead atoms. The molecule has 2 aromatic rings. The van der Waals surface area contributed by atoms with Crippen molar-refractivity contribution < 1.29 is 24.0 Å². The van der Waals surface area contributed by atoms with Gasteiger partial charge in [0.25, 0.3) is 0 Å². The molecule has 2 fully saturated rings. The van der Waals surface area contributed by atoms with E-state index >= 15 is 0 Å². The minimum Gasteiger partial charge on any atom is -0.332 e. The molecule has 10 heteroatoms. The highest BCUT2D eigenvalue weighted by atomic mass is 35.5. The van der Waals surface area contributed by atoms with Gasteiger partial charge in [-0.15, -0.1) is 12.4 Å². The lowest BCUT2D eigenvalue weighted by molar-refractivity contribution is -0.157. The van der Waals surface area contributed by atoms with Gasteiger partial charge in [-0.25, -0.2) is 0 Å². The van der Waals surface area contributed by atoms with Crippen molar-refractivity contribution in [3.63, 3.8) is 0 Å². The van der Waals surface area contributed by atoms with Crippen molar-refractivity contribution >= 4 is 47.6 Å². The maximum atomic E-state index is 12.5. The molecule has 0 aliphatic carbocycles. The molecule has 0 radical (unpaired) electrons. The molecule has 2 aliphatic heterocycles. The van der Waals surface area contributed by atoms with E-state index in [9.17, 15) is 24.0 Å². The van der Waals surface area contributed by atoms with E-state index < -0.39 is 29.5 Å². The van der Waals surface area contributed by atoms with Crippen LogP contribution >= 0.6 is 12.4 Å². The predicted octanol–water partition coefficient (Wildman–Crippen LogP) is 1.64. The van der Waals surface area contributed by atoms with Gasteiger partial charge in [0.15, 0.2) is 0 Å². The SMILES string of the molecule is Cl.O=C(CCN1CCN(c2ccccc2)C(=O)C1=O)NN1C(=O)CC(c2ccccc2)CC1=O. The fraction of sp³-hybridized carbons (Fsp3) is 0.292. The third-order valence-electron chi connectivity index (χ3n) is 5.83. The smallest absolute Gasteiger partial charge is 0.316 e. The average Bonchev–Trinajstić information content (AvgIpc) is 2.83. The zero-order valence-electron chi connectivity index (χ0n) is 18.4. The largest absolute Gasteiger partial charge is 0.332 e. The lowest BCUT2D eigenvalue weighted by atomic mass is 9.89. The van der Waals surface area contributed by atoms with Crippen LogP contribution in [0.3, 0.4) is 0 Å². The maximum absolute atomic E-state index is 12.5. The Kier molecular flexibility index (Phi) is 8.01. The fourth-order valence-electron chi connectivity index (χ4n) is 4.06. The van der Waals surface area contributed by atoms with Gasteiger partial charge in [-0.1, -0.05) is 48.5 Å². The van der Waals surface area contributed by atoms with Crippen molar-refractivity contribution in [1.29, 1.82) is 0 Å². The minimum atomic E-state index is -0.686. The predicted molar refractivity (Wildman–Crippen MR) is 126 cm³/mol. The zero-order chi connectivity index (χ0) is 23.4. The van der Waals surface area contributed by atoms with Crippen LogP contribution in [0.4, 0.5) is 5.69 Å². The van der Waals surface area contributed by atoms with Crippen LogP contribution in [0.2, 0.25) is 0 Å². The second kappa shape index (κ2) is 10.9. The Morgan fingerprint density at radius 3 is 2.03 bits per heavy atom. The molecular weight excluding hydrogens is 460 g/mol. The van der Waals surface area contributed by atoms with E-state index in [1.807, 2.05) is 36.4 Å². The van der Waals surface area contributed by atoms with Crippen molar-refractivity contribution in [2.24, 2.45) is 0 Å². The molecule has 2 aromatic carbocycles. The quantitative estimate of drug-likeness (QED) is 0.495. The lowest BCUT2D eigenvalue weighted by Crippen LogP contribution is -2.56. The number of halogens is 1. The van der Waals surface area contributed by atoms with Gasteiger partial charge in [0.05, 0.1) is 0 Å². The van der Waals surface area contributed by atoms with Crippen LogP contribution in [-0.2, 0) is 24.0 Å². The highest BCUT2D eigenvalue weighted by Crippen LogP contribution is 2.28. The second-order valence-electron chi connectivity index (χ2n) is 8.01. The number of benzene rings is 2. The number of nitrogens with one attached hydrogen (secondary N) is 1. The number of hydrogen-bond donors (Lipinski definition) is 1. The molecule has 178 valence electrons. The Balaban J connectivity index is 0.00000324. The zero-order valence-corrected chi connectivity index (χ0v) is 19.2. The van der Waals surface area contributed by atoms with Crippen LogP contribution < -0.4 is 10.3 Å². The van der Waals surface area contributed by atoms with E-state index in [0.717, 1.165) is 10.6 Å². The first-order valence-electron chi connectivity index (χ1n) is 10.8. The molecule has 5 amide bonds. The highest BCUT2D eigenvalue weighted by Gasteiger charge is 2.36. The molecule has 0 spiro atoms. The number of para-hydroxylation sites is 1. The molecular formula is C24H25ClN4O5. The lowest BCUT2D eigenvalue weighted by Gasteiger charge is -2.34. The standard InChI is InChI=1S/C24H24N4O5.ClH/c29-20(25-28-21(30)15-18(16-22(28)31)17-7-3-1-4-8-17)11-12-26-13-14-27(24(33)23(26)32)19-9-5-2-6-10-19;/h1-10,18H,11-16H2,(H,25,29);1H. The Morgan fingerprint density at radius 2 is 1.41 bits per heavy atom. The molecule has 2 heterocycles. The van der Waals surface area contributed by atoms with Crippen molar-refractivity contribution in [2.45, 2.75) is 25.2 Å². The normalized spacial score (nSPS) is 17.0. The topological polar surface area (TPSA) is 107 Å². The summed E-state index contributed by atoms with van der Waals surface area (Å²) in [7, 11) is 0. The number of rotatable bonds is 6. The van der Waals surface area contributed by atoms with Crippen LogP contribution in [-0.4, -0.2) is 59.1 Å². The minimum absolute atomic E-state index is 0. The van der Waals surface area contributed by atoms with Gasteiger partial charge >= 0.3 is 11.8 Å². The Hall–Kier alpha value is -3.72. The fourth-order valence-corrected chi connectivity index (χ4v) is 4.06. The summed E-state index contributed by atoms with van der Waals surface area (Å²) in [5, 5.41) is 0.766. The third-order valence-corrected chi connectivity index (χ3v) is 5.83. The number of amides is 5. The number of carbonyl (C=O) groups is 5. The van der Waals surface area contributed by atoms with Crippen LogP contribution in [0.5, 0.6) is 0 Å². The van der Waals surface area contributed by atoms with E-state index in [1.165, 1.54) is 9.80 Å². The number of hydrazine groups is 1. The Bertz CT molecular complexity index is 1060. The number of carbonyl (C=O) groups excluding carboxylic acids is 5. The average molecular weight is 485 g/mol. The molecule has 1 N–H and O–H groups in total. The first kappa shape index (κ1) is 24.9. The molecule has 0 aromatic heterocycles. The molecule has 0 saturated carbocycles. The summed E-state index contributed by atoms with van der Waals surface area (Å²) in [5.41, 5.74) is 3.90. The van der Waals surface area contributed by atoms with E-state index in [2.05, 4.69) is 5.43 Å². The number of imide groups is 1. The Morgan fingerprint density at radius 1 is 0.824 bits per heavy atom. The van der Waals surface area contributed by atoms with E-state index in [0.29, 0.717) is 12.2 Å². The number of piperidine rings is 1. The van der Waals surface area contributed by atoms with Gasteiger partial charge in [-0.3, -0.25) is 29.4 Å². The second-order valence-corrected chi connectivity index (χ2v) is 8.01. The third kappa shape index (κ3) is 5.43. The van der Waals surface area contributed by atoms with E-state index in [4.69, 9.17) is 0 Å². The van der Waals surface area contributed by atoms with Crippen molar-refractivity contribution in [3.05, 3.63) is 66.2 Å². The highest BCUT2D eigenvalue weighted by molar-refractivity contribution is 6.41. The van der Waals surface area contributed by atoms with Crippen LogP contribution in [0.15, 0.2) is 60.7 Å². The van der Waals surface area contributed by atoms with Gasteiger partial charge in [-0.05, 0) is 17.7 Å². The maximum Gasteiger partial charge on any atom is 0.316 e. The first-order valence-corrected chi connectivity index (χ1v) is 10.8. The van der Waals surface area contributed by atoms with Crippen molar-refractivity contribution in [1.82, 2.24) is 15.3 Å². The summed E-state index contributed by atoms with van der Waals surface area (Å²) in [5.74, 6) is -3.08. The first-order chi connectivity index (χ1) is 15.9. The van der Waals surface area contributed by atoms with E-state index in [-0.39, 0.29) is 50.7 Å². The molecule has 2 aliphatic rings. The Labute approximate surface area is 203 Å². The summed E-state index contributed by atoms with van der Waals surface area (Å²) >= 11 is 0. The van der Waals surface area contributed by atoms with E-state index in [1.54, 1.807) is 24.3 Å². The van der Waals surface area contributed by atoms with Gasteiger partial charge < -0.3 is 9.80 Å². The van der Waals surface area contributed by atoms with Crippen LogP contribution in [0, 0.1) is 0 Å². The van der Waals surface area contributed by atoms with Gasteiger partial charge in [-0.2, -0.15) is 5.01 Å². The molecule has 0 unspecified atom stereocenters.